The van der Waals surface area contributed by atoms with Crippen molar-refractivity contribution in [2.45, 2.75) is 27.4 Å². The maximum atomic E-state index is 10.8. The lowest BCUT2D eigenvalue weighted by atomic mass is 10.1. The first-order valence-corrected chi connectivity index (χ1v) is 6.74. The van der Waals surface area contributed by atoms with Crippen LogP contribution in [0, 0.1) is 20.8 Å². The minimum Gasteiger partial charge on any atom is -0.497 e. The molecule has 0 saturated heterocycles. The summed E-state index contributed by atoms with van der Waals surface area (Å²) in [6.45, 7) is 6.14. The third-order valence-electron chi connectivity index (χ3n) is 3.20. The van der Waals surface area contributed by atoms with E-state index in [2.05, 4.69) is 4.98 Å². The fraction of sp³-hybridized carbons (Fsp3) is 0.294. The Kier molecular flexibility index (Phi) is 4.58. The summed E-state index contributed by atoms with van der Waals surface area (Å²) in [4.78, 5) is 15.3. The van der Waals surface area contributed by atoms with Crippen LogP contribution in [-0.4, -0.2) is 18.4 Å². The molecule has 4 nitrogen and oxygen atoms in total. The highest BCUT2D eigenvalue weighted by Crippen LogP contribution is 2.25. The van der Waals surface area contributed by atoms with Gasteiger partial charge in [0.15, 0.2) is 0 Å². The summed E-state index contributed by atoms with van der Waals surface area (Å²) in [6.07, 6.45) is 0.844. The SMILES string of the molecule is COc1cc(C)nc(COc2c(C)cc(C=O)cc2C)c1. The highest BCUT2D eigenvalue weighted by Gasteiger charge is 2.08. The van der Waals surface area contributed by atoms with Gasteiger partial charge >= 0.3 is 0 Å². The first-order chi connectivity index (χ1) is 10.0. The number of carbonyl (C=O) groups excluding carboxylic acids is 1. The lowest BCUT2D eigenvalue weighted by Gasteiger charge is -2.13. The van der Waals surface area contributed by atoms with Crippen LogP contribution in [0.15, 0.2) is 24.3 Å². The van der Waals surface area contributed by atoms with Gasteiger partial charge in [-0.05, 0) is 44.0 Å². The van der Waals surface area contributed by atoms with E-state index in [1.165, 1.54) is 0 Å². The number of hydrogen-bond acceptors (Lipinski definition) is 4. The Morgan fingerprint density at radius 2 is 1.76 bits per heavy atom. The van der Waals surface area contributed by atoms with Crippen molar-refractivity contribution in [1.29, 1.82) is 0 Å². The normalized spacial score (nSPS) is 10.3. The van der Waals surface area contributed by atoms with Gasteiger partial charge in [0.05, 0.1) is 12.8 Å². The van der Waals surface area contributed by atoms with Crippen LogP contribution in [0.3, 0.4) is 0 Å². The molecule has 0 saturated carbocycles. The number of methoxy groups -OCH3 is 1. The predicted octanol–water partition coefficient (Wildman–Crippen LogP) is 3.41. The van der Waals surface area contributed by atoms with E-state index in [9.17, 15) is 4.79 Å². The van der Waals surface area contributed by atoms with Crippen molar-refractivity contribution in [3.63, 3.8) is 0 Å². The van der Waals surface area contributed by atoms with Gasteiger partial charge in [0.25, 0.3) is 0 Å². The van der Waals surface area contributed by atoms with Gasteiger partial charge in [-0.25, -0.2) is 0 Å². The first kappa shape index (κ1) is 15.0. The summed E-state index contributed by atoms with van der Waals surface area (Å²) in [7, 11) is 1.63. The second-order valence-corrected chi connectivity index (χ2v) is 5.03. The second-order valence-electron chi connectivity index (χ2n) is 5.03. The number of ether oxygens (including phenoxy) is 2. The Hall–Kier alpha value is -2.36. The third kappa shape index (κ3) is 3.60. The molecule has 4 heteroatoms. The summed E-state index contributed by atoms with van der Waals surface area (Å²) in [5.74, 6) is 1.56. The Bertz CT molecular complexity index is 642. The van der Waals surface area contributed by atoms with Gasteiger partial charge in [-0.15, -0.1) is 0 Å². The molecule has 0 aliphatic rings. The van der Waals surface area contributed by atoms with Crippen LogP contribution in [-0.2, 0) is 6.61 Å². The van der Waals surface area contributed by atoms with Crippen LogP contribution in [0.25, 0.3) is 0 Å². The van der Waals surface area contributed by atoms with Crippen molar-refractivity contribution in [1.82, 2.24) is 4.98 Å². The van der Waals surface area contributed by atoms with E-state index in [-0.39, 0.29) is 0 Å². The number of hydrogen-bond donors (Lipinski definition) is 0. The predicted molar refractivity (Wildman–Crippen MR) is 81.2 cm³/mol. The van der Waals surface area contributed by atoms with E-state index >= 15 is 0 Å². The van der Waals surface area contributed by atoms with Crippen LogP contribution in [0.1, 0.15) is 32.9 Å². The van der Waals surface area contributed by atoms with Crippen LogP contribution in [0.5, 0.6) is 11.5 Å². The highest BCUT2D eigenvalue weighted by molar-refractivity contribution is 5.76. The lowest BCUT2D eigenvalue weighted by Crippen LogP contribution is -2.03. The molecular formula is C17H19NO3. The molecule has 1 heterocycles. The Labute approximate surface area is 124 Å². The summed E-state index contributed by atoms with van der Waals surface area (Å²) < 4.78 is 11.1. The van der Waals surface area contributed by atoms with Gasteiger partial charge in [0.1, 0.15) is 24.4 Å². The third-order valence-corrected chi connectivity index (χ3v) is 3.20. The Morgan fingerprint density at radius 3 is 2.33 bits per heavy atom. The molecular weight excluding hydrogens is 266 g/mol. The van der Waals surface area contributed by atoms with E-state index < -0.39 is 0 Å². The number of carbonyl (C=O) groups is 1. The molecule has 2 aromatic rings. The molecule has 0 fully saturated rings. The van der Waals surface area contributed by atoms with Gasteiger partial charge in [0.2, 0.25) is 0 Å². The van der Waals surface area contributed by atoms with Crippen LogP contribution in [0.2, 0.25) is 0 Å². The molecule has 0 spiro atoms. The number of rotatable bonds is 5. The van der Waals surface area contributed by atoms with Gasteiger partial charge in [-0.2, -0.15) is 0 Å². The molecule has 110 valence electrons. The highest BCUT2D eigenvalue weighted by atomic mass is 16.5. The monoisotopic (exact) mass is 285 g/mol. The first-order valence-electron chi connectivity index (χ1n) is 6.74. The molecule has 0 bridgehead atoms. The van der Waals surface area contributed by atoms with E-state index in [0.29, 0.717) is 12.2 Å². The molecule has 0 N–H and O–H groups in total. The molecule has 1 aromatic heterocycles. The maximum Gasteiger partial charge on any atom is 0.150 e. The molecule has 0 aliphatic carbocycles. The van der Waals surface area contributed by atoms with Gasteiger partial charge in [0, 0.05) is 23.4 Å². The van der Waals surface area contributed by atoms with Crippen molar-refractivity contribution in [3.05, 3.63) is 52.3 Å². The molecule has 0 radical (unpaired) electrons. The van der Waals surface area contributed by atoms with Gasteiger partial charge in [-0.1, -0.05) is 0 Å². The topological polar surface area (TPSA) is 48.4 Å². The number of aldehydes is 1. The number of aromatic nitrogens is 1. The van der Waals surface area contributed by atoms with Crippen molar-refractivity contribution in [2.75, 3.05) is 7.11 Å². The summed E-state index contributed by atoms with van der Waals surface area (Å²) >= 11 is 0. The van der Waals surface area contributed by atoms with E-state index in [4.69, 9.17) is 9.47 Å². The smallest absolute Gasteiger partial charge is 0.150 e. The average molecular weight is 285 g/mol. The lowest BCUT2D eigenvalue weighted by molar-refractivity contribution is 0.112. The fourth-order valence-corrected chi connectivity index (χ4v) is 2.32. The minimum atomic E-state index is 0.361. The van der Waals surface area contributed by atoms with Crippen molar-refractivity contribution >= 4 is 6.29 Å². The molecule has 1 aromatic carbocycles. The molecule has 21 heavy (non-hydrogen) atoms. The zero-order valence-corrected chi connectivity index (χ0v) is 12.8. The van der Waals surface area contributed by atoms with Crippen LogP contribution < -0.4 is 9.47 Å². The number of benzene rings is 1. The van der Waals surface area contributed by atoms with Gasteiger partial charge in [-0.3, -0.25) is 9.78 Å². The second kappa shape index (κ2) is 6.39. The minimum absolute atomic E-state index is 0.361. The van der Waals surface area contributed by atoms with Gasteiger partial charge < -0.3 is 9.47 Å². The zero-order chi connectivity index (χ0) is 15.4. The number of aryl methyl sites for hydroxylation is 3. The fourth-order valence-electron chi connectivity index (χ4n) is 2.32. The molecule has 0 amide bonds. The number of nitrogens with zero attached hydrogens (tertiary/aromatic N) is 1. The standard InChI is InChI=1S/C17H19NO3/c1-11-5-14(9-19)6-12(2)17(11)21-10-15-8-16(20-4)7-13(3)18-15/h5-9H,10H2,1-4H3. The van der Waals surface area contributed by atoms with E-state index in [0.717, 1.165) is 40.3 Å². The molecule has 0 aliphatic heterocycles. The quantitative estimate of drug-likeness (QED) is 0.790. The van der Waals surface area contributed by atoms with E-state index in [1.807, 2.05) is 45.0 Å². The molecule has 0 unspecified atom stereocenters. The summed E-state index contributed by atoms with van der Waals surface area (Å²) in [5, 5.41) is 0. The largest absolute Gasteiger partial charge is 0.497 e. The average Bonchev–Trinajstić information content (AvgIpc) is 2.45. The Balaban J connectivity index is 2.20. The number of pyridine rings is 1. The van der Waals surface area contributed by atoms with Crippen LogP contribution >= 0.6 is 0 Å². The molecule has 0 atom stereocenters. The Morgan fingerprint density at radius 1 is 1.10 bits per heavy atom. The maximum absolute atomic E-state index is 10.8. The zero-order valence-electron chi connectivity index (χ0n) is 12.8. The van der Waals surface area contributed by atoms with Crippen LogP contribution in [0.4, 0.5) is 0 Å². The summed E-state index contributed by atoms with van der Waals surface area (Å²) in [6, 6.07) is 7.37. The van der Waals surface area contributed by atoms with E-state index in [1.54, 1.807) is 7.11 Å². The van der Waals surface area contributed by atoms with Crippen molar-refractivity contribution in [3.8, 4) is 11.5 Å². The van der Waals surface area contributed by atoms with Crippen molar-refractivity contribution in [2.24, 2.45) is 0 Å². The van der Waals surface area contributed by atoms with Crippen molar-refractivity contribution < 1.29 is 14.3 Å². The summed E-state index contributed by atoms with van der Waals surface area (Å²) in [5.41, 5.74) is 4.24. The molecule has 2 rings (SSSR count).